The lowest BCUT2D eigenvalue weighted by Gasteiger charge is -2.07. The summed E-state index contributed by atoms with van der Waals surface area (Å²) in [5.41, 5.74) is 2.45. The van der Waals surface area contributed by atoms with Gasteiger partial charge >= 0.3 is 0 Å². The first-order chi connectivity index (χ1) is 9.10. The first kappa shape index (κ1) is 12.7. The summed E-state index contributed by atoms with van der Waals surface area (Å²) >= 11 is 18.1. The molecule has 0 fully saturated rings. The lowest BCUT2D eigenvalue weighted by atomic mass is 10.2. The maximum absolute atomic E-state index is 6.14. The Morgan fingerprint density at radius 3 is 2.00 bits per heavy atom. The van der Waals surface area contributed by atoms with Gasteiger partial charge in [0.2, 0.25) is 0 Å². The number of rotatable bonds is 1. The van der Waals surface area contributed by atoms with Crippen molar-refractivity contribution in [1.82, 2.24) is 9.97 Å². The quantitative estimate of drug-likeness (QED) is 0.608. The molecule has 0 saturated heterocycles. The summed E-state index contributed by atoms with van der Waals surface area (Å²) in [5, 5.41) is 1.38. The van der Waals surface area contributed by atoms with E-state index < -0.39 is 0 Å². The van der Waals surface area contributed by atoms with Gasteiger partial charge in [0.25, 0.3) is 0 Å². The molecule has 96 valence electrons. The zero-order chi connectivity index (χ0) is 13.6. The molecule has 3 aromatic rings. The molecule has 2 aromatic carbocycles. The molecule has 3 rings (SSSR count). The van der Waals surface area contributed by atoms with E-state index in [1.165, 1.54) is 0 Å². The van der Waals surface area contributed by atoms with Crippen LogP contribution in [0.2, 0.25) is 15.1 Å². The smallest absolute Gasteiger partial charge is 0.146 e. The zero-order valence-electron chi connectivity index (χ0n) is 9.75. The summed E-state index contributed by atoms with van der Waals surface area (Å²) in [6.45, 7) is 0. The number of benzene rings is 2. The van der Waals surface area contributed by atoms with Gasteiger partial charge in [0, 0.05) is 0 Å². The van der Waals surface area contributed by atoms with Crippen molar-refractivity contribution in [2.45, 2.75) is 0 Å². The predicted octanol–water partition coefficient (Wildman–Crippen LogP) is 4.75. The highest BCUT2D eigenvalue weighted by atomic mass is 35.5. The van der Waals surface area contributed by atoms with Crippen molar-refractivity contribution in [3.8, 4) is 5.75 Å². The van der Waals surface area contributed by atoms with Gasteiger partial charge in [0.1, 0.15) is 16.8 Å². The molecular formula is C13H7Cl3N2O. The third-order valence-corrected chi connectivity index (χ3v) is 3.79. The van der Waals surface area contributed by atoms with E-state index in [4.69, 9.17) is 39.5 Å². The monoisotopic (exact) mass is 312 g/mol. The summed E-state index contributed by atoms with van der Waals surface area (Å²) < 4.78 is 5.27. The van der Waals surface area contributed by atoms with Crippen molar-refractivity contribution in [3.63, 3.8) is 0 Å². The van der Waals surface area contributed by atoms with E-state index in [1.807, 2.05) is 0 Å². The molecule has 0 spiro atoms. The molecular weight excluding hydrogens is 307 g/mol. The van der Waals surface area contributed by atoms with Crippen molar-refractivity contribution in [1.29, 1.82) is 0 Å². The zero-order valence-corrected chi connectivity index (χ0v) is 12.0. The van der Waals surface area contributed by atoms with Gasteiger partial charge in [0.15, 0.2) is 0 Å². The standard InChI is InChI=1S/C13H7Cl3N2O/c1-19-11-3-2-6(14)12-13(11)18-10-5-8(16)7(15)4-9(10)17-12/h2-5H,1H3. The third kappa shape index (κ3) is 2.08. The second-order valence-corrected chi connectivity index (χ2v) is 5.15. The Morgan fingerprint density at radius 2 is 1.42 bits per heavy atom. The number of halogens is 3. The average molecular weight is 314 g/mol. The van der Waals surface area contributed by atoms with Crippen LogP contribution in [0.3, 0.4) is 0 Å². The molecule has 0 bridgehead atoms. The normalized spacial score (nSPS) is 11.2. The SMILES string of the molecule is COc1ccc(Cl)c2nc3cc(Cl)c(Cl)cc3nc12. The summed E-state index contributed by atoms with van der Waals surface area (Å²) in [6.07, 6.45) is 0. The molecule has 0 saturated carbocycles. The molecule has 1 aromatic heterocycles. The molecule has 0 aliphatic rings. The highest BCUT2D eigenvalue weighted by Crippen LogP contribution is 2.32. The summed E-state index contributed by atoms with van der Waals surface area (Å²) in [7, 11) is 1.57. The van der Waals surface area contributed by atoms with Crippen LogP contribution >= 0.6 is 34.8 Å². The number of nitrogens with zero attached hydrogens (tertiary/aromatic N) is 2. The average Bonchev–Trinajstić information content (AvgIpc) is 2.39. The van der Waals surface area contributed by atoms with E-state index in [-0.39, 0.29) is 0 Å². The first-order valence-electron chi connectivity index (χ1n) is 5.39. The highest BCUT2D eigenvalue weighted by molar-refractivity contribution is 6.42. The molecule has 1 heterocycles. The largest absolute Gasteiger partial charge is 0.494 e. The number of hydrogen-bond donors (Lipinski definition) is 0. The van der Waals surface area contributed by atoms with Crippen LogP contribution in [0.25, 0.3) is 22.1 Å². The van der Waals surface area contributed by atoms with Crippen LogP contribution in [0, 0.1) is 0 Å². The Balaban J connectivity index is 2.47. The molecule has 0 N–H and O–H groups in total. The van der Waals surface area contributed by atoms with Crippen LogP contribution in [0.1, 0.15) is 0 Å². The van der Waals surface area contributed by atoms with Gasteiger partial charge in [-0.2, -0.15) is 0 Å². The minimum atomic E-state index is 0.432. The first-order valence-corrected chi connectivity index (χ1v) is 6.52. The van der Waals surface area contributed by atoms with Gasteiger partial charge in [-0.15, -0.1) is 0 Å². The molecule has 0 radical (unpaired) electrons. The van der Waals surface area contributed by atoms with Crippen LogP contribution in [0.15, 0.2) is 24.3 Å². The second-order valence-electron chi connectivity index (χ2n) is 3.93. The molecule has 0 amide bonds. The van der Waals surface area contributed by atoms with E-state index in [1.54, 1.807) is 31.4 Å². The van der Waals surface area contributed by atoms with Gasteiger partial charge in [-0.1, -0.05) is 34.8 Å². The number of aromatic nitrogens is 2. The van der Waals surface area contributed by atoms with Crippen molar-refractivity contribution in [3.05, 3.63) is 39.3 Å². The maximum atomic E-state index is 6.14. The number of fused-ring (bicyclic) bond motifs is 2. The van der Waals surface area contributed by atoms with Crippen LogP contribution in [-0.4, -0.2) is 17.1 Å². The van der Waals surface area contributed by atoms with Crippen LogP contribution in [0.4, 0.5) is 0 Å². The number of hydrogen-bond acceptors (Lipinski definition) is 3. The van der Waals surface area contributed by atoms with Gasteiger partial charge in [-0.3, -0.25) is 0 Å². The van der Waals surface area contributed by atoms with Gasteiger partial charge in [0.05, 0.1) is 33.2 Å². The predicted molar refractivity (Wildman–Crippen MR) is 78.6 cm³/mol. The van der Waals surface area contributed by atoms with Crippen molar-refractivity contribution < 1.29 is 4.74 Å². The Hall–Kier alpha value is -1.29. The Labute approximate surface area is 124 Å². The van der Waals surface area contributed by atoms with Gasteiger partial charge < -0.3 is 4.74 Å². The molecule has 0 atom stereocenters. The fourth-order valence-electron chi connectivity index (χ4n) is 1.86. The lowest BCUT2D eigenvalue weighted by molar-refractivity contribution is 0.419. The number of methoxy groups -OCH3 is 1. The van der Waals surface area contributed by atoms with Crippen molar-refractivity contribution >= 4 is 56.9 Å². The topological polar surface area (TPSA) is 35.0 Å². The lowest BCUT2D eigenvalue weighted by Crippen LogP contribution is -1.92. The van der Waals surface area contributed by atoms with Crippen molar-refractivity contribution in [2.75, 3.05) is 7.11 Å². The number of ether oxygens (including phenoxy) is 1. The van der Waals surface area contributed by atoms with E-state index in [0.717, 1.165) is 0 Å². The van der Waals surface area contributed by atoms with E-state index in [2.05, 4.69) is 9.97 Å². The van der Waals surface area contributed by atoms with Crippen LogP contribution < -0.4 is 4.74 Å². The highest BCUT2D eigenvalue weighted by Gasteiger charge is 2.11. The Morgan fingerprint density at radius 1 is 0.842 bits per heavy atom. The molecule has 6 heteroatoms. The maximum Gasteiger partial charge on any atom is 0.146 e. The Kier molecular flexibility index (Phi) is 3.13. The van der Waals surface area contributed by atoms with E-state index >= 15 is 0 Å². The summed E-state index contributed by atoms with van der Waals surface area (Å²) in [5.74, 6) is 0.611. The summed E-state index contributed by atoms with van der Waals surface area (Å²) in [6, 6.07) is 6.82. The fraction of sp³-hybridized carbons (Fsp3) is 0.0769. The van der Waals surface area contributed by atoms with Gasteiger partial charge in [-0.05, 0) is 24.3 Å². The minimum Gasteiger partial charge on any atom is -0.494 e. The Bertz CT molecular complexity index is 805. The minimum absolute atomic E-state index is 0.432. The molecule has 0 aliphatic carbocycles. The second kappa shape index (κ2) is 4.67. The third-order valence-electron chi connectivity index (χ3n) is 2.77. The molecule has 0 unspecified atom stereocenters. The fourth-order valence-corrected chi connectivity index (χ4v) is 2.37. The van der Waals surface area contributed by atoms with Crippen molar-refractivity contribution in [2.24, 2.45) is 0 Å². The van der Waals surface area contributed by atoms with Crippen LogP contribution in [-0.2, 0) is 0 Å². The van der Waals surface area contributed by atoms with Crippen LogP contribution in [0.5, 0.6) is 5.75 Å². The van der Waals surface area contributed by atoms with E-state index in [9.17, 15) is 0 Å². The van der Waals surface area contributed by atoms with E-state index in [0.29, 0.717) is 42.9 Å². The molecule has 0 aliphatic heterocycles. The molecule has 3 nitrogen and oxygen atoms in total. The van der Waals surface area contributed by atoms with Gasteiger partial charge in [-0.25, -0.2) is 9.97 Å². The molecule has 19 heavy (non-hydrogen) atoms. The summed E-state index contributed by atoms with van der Waals surface area (Å²) in [4.78, 5) is 8.97.